The van der Waals surface area contributed by atoms with E-state index in [0.29, 0.717) is 16.8 Å². The first kappa shape index (κ1) is 24.4. The van der Waals surface area contributed by atoms with Crippen molar-refractivity contribution in [1.29, 1.82) is 0 Å². The average Bonchev–Trinajstić information content (AvgIpc) is 2.88. The third-order valence-corrected chi connectivity index (χ3v) is 6.20. The third-order valence-electron chi connectivity index (χ3n) is 6.20. The van der Waals surface area contributed by atoms with Gasteiger partial charge < -0.3 is 16.0 Å². The number of aryl methyl sites for hydroxylation is 1. The average molecular weight is 477 g/mol. The van der Waals surface area contributed by atoms with Crippen LogP contribution in [0.5, 0.6) is 0 Å². The monoisotopic (exact) mass is 476 g/mol. The van der Waals surface area contributed by atoms with E-state index in [-0.39, 0.29) is 23.5 Å². The fraction of sp³-hybridized carbons (Fsp3) is 0.346. The van der Waals surface area contributed by atoms with Gasteiger partial charge in [-0.3, -0.25) is 14.6 Å². The quantitative estimate of drug-likeness (QED) is 0.459. The molecule has 0 aliphatic carbocycles. The number of unbranched alkanes of at least 4 members (excludes halogenated alkanes) is 1. The van der Waals surface area contributed by atoms with Crippen LogP contribution >= 0.6 is 0 Å². The first-order valence-electron chi connectivity index (χ1n) is 11.9. The molecule has 0 saturated carbocycles. The number of hydrogen-bond acceptors (Lipinski definition) is 6. The Bertz CT molecular complexity index is 1150. The van der Waals surface area contributed by atoms with Crippen molar-refractivity contribution in [2.75, 3.05) is 19.6 Å². The van der Waals surface area contributed by atoms with Crippen molar-refractivity contribution in [1.82, 2.24) is 25.4 Å². The zero-order chi connectivity index (χ0) is 24.6. The molecular weight excluding hydrogens is 447 g/mol. The van der Waals surface area contributed by atoms with Crippen LogP contribution in [0.4, 0.5) is 4.39 Å². The number of primary amides is 1. The predicted molar refractivity (Wildman–Crippen MR) is 130 cm³/mol. The Morgan fingerprint density at radius 3 is 2.54 bits per heavy atom. The Balaban J connectivity index is 1.16. The number of nitrogens with zero attached hydrogens (tertiary/aromatic N) is 4. The molecule has 0 unspecified atom stereocenters. The Labute approximate surface area is 203 Å². The van der Waals surface area contributed by atoms with Crippen LogP contribution < -0.4 is 11.1 Å². The molecule has 2 aromatic heterocycles. The van der Waals surface area contributed by atoms with E-state index in [0.717, 1.165) is 57.4 Å². The number of likely N-dealkylation sites (tertiary alicyclic amines) is 1. The first-order chi connectivity index (χ1) is 17.0. The van der Waals surface area contributed by atoms with Crippen molar-refractivity contribution in [3.8, 4) is 11.3 Å². The van der Waals surface area contributed by atoms with E-state index in [1.807, 2.05) is 0 Å². The summed E-state index contributed by atoms with van der Waals surface area (Å²) < 4.78 is 13.4. The number of rotatable bonds is 9. The van der Waals surface area contributed by atoms with Gasteiger partial charge in [0.15, 0.2) is 5.69 Å². The fourth-order valence-electron chi connectivity index (χ4n) is 4.18. The summed E-state index contributed by atoms with van der Waals surface area (Å²) in [6.07, 6.45) is 6.18. The molecule has 0 bridgehead atoms. The second-order valence-corrected chi connectivity index (χ2v) is 8.76. The zero-order valence-electron chi connectivity index (χ0n) is 19.5. The Hall–Kier alpha value is -3.72. The highest BCUT2D eigenvalue weighted by atomic mass is 19.1. The minimum absolute atomic E-state index is 0.134. The normalized spacial score (nSPS) is 14.5. The lowest BCUT2D eigenvalue weighted by atomic mass is 10.0. The van der Waals surface area contributed by atoms with Crippen LogP contribution in [0, 0.1) is 5.82 Å². The summed E-state index contributed by atoms with van der Waals surface area (Å²) >= 11 is 0. The largest absolute Gasteiger partial charge is 0.364 e. The van der Waals surface area contributed by atoms with Gasteiger partial charge in [-0.05, 0) is 75.0 Å². The predicted octanol–water partition coefficient (Wildman–Crippen LogP) is 2.99. The van der Waals surface area contributed by atoms with Crippen molar-refractivity contribution in [2.45, 2.75) is 38.1 Å². The van der Waals surface area contributed by atoms with Crippen LogP contribution in [0.3, 0.4) is 0 Å². The van der Waals surface area contributed by atoms with E-state index in [4.69, 9.17) is 5.73 Å². The number of carbonyl (C=O) groups is 2. The summed E-state index contributed by atoms with van der Waals surface area (Å²) in [7, 11) is 0. The van der Waals surface area contributed by atoms with Gasteiger partial charge in [-0.15, -0.1) is 5.10 Å². The SMILES string of the molecule is NC(=O)c1ccc(CCCCN2CCC(NC(=O)c3ccc(-c4cccc(F)c4)nc3)CC2)nn1. The lowest BCUT2D eigenvalue weighted by molar-refractivity contribution is 0.0909. The van der Waals surface area contributed by atoms with Crippen LogP contribution in [-0.4, -0.2) is 57.6 Å². The molecule has 0 spiro atoms. The number of aromatic nitrogens is 3. The van der Waals surface area contributed by atoms with E-state index < -0.39 is 5.91 Å². The molecule has 8 nitrogen and oxygen atoms in total. The van der Waals surface area contributed by atoms with Crippen molar-refractivity contribution in [3.05, 3.63) is 77.5 Å². The molecule has 0 radical (unpaired) electrons. The number of amides is 2. The number of piperidine rings is 1. The number of hydrogen-bond donors (Lipinski definition) is 2. The van der Waals surface area contributed by atoms with E-state index >= 15 is 0 Å². The standard InChI is InChI=1S/C26H29FN6O2/c27-20-5-3-4-18(16-20)23-9-7-19(17-29-23)26(35)30-21-11-14-33(15-12-21)13-2-1-6-22-8-10-24(25(28)34)32-31-22/h3-5,7-10,16-17,21H,1-2,6,11-15H2,(H2,28,34)(H,30,35). The lowest BCUT2D eigenvalue weighted by Gasteiger charge is -2.32. The number of carbonyl (C=O) groups excluding carboxylic acids is 2. The summed E-state index contributed by atoms with van der Waals surface area (Å²) in [5.74, 6) is -1.02. The van der Waals surface area contributed by atoms with Crippen molar-refractivity contribution in [2.24, 2.45) is 5.73 Å². The number of nitrogens with one attached hydrogen (secondary N) is 1. The summed E-state index contributed by atoms with van der Waals surface area (Å²) in [6.45, 7) is 2.88. The number of nitrogens with two attached hydrogens (primary N) is 1. The minimum Gasteiger partial charge on any atom is -0.364 e. The second-order valence-electron chi connectivity index (χ2n) is 8.76. The molecule has 182 valence electrons. The highest BCUT2D eigenvalue weighted by molar-refractivity contribution is 5.94. The molecule has 1 fully saturated rings. The molecule has 9 heteroatoms. The second kappa shape index (κ2) is 11.6. The maximum absolute atomic E-state index is 13.4. The van der Waals surface area contributed by atoms with E-state index in [2.05, 4.69) is 25.4 Å². The Kier molecular flexibility index (Phi) is 8.10. The summed E-state index contributed by atoms with van der Waals surface area (Å²) in [5, 5.41) is 11.0. The van der Waals surface area contributed by atoms with Crippen LogP contribution in [0.15, 0.2) is 54.7 Å². The van der Waals surface area contributed by atoms with Crippen molar-refractivity contribution in [3.63, 3.8) is 0 Å². The lowest BCUT2D eigenvalue weighted by Crippen LogP contribution is -2.44. The van der Waals surface area contributed by atoms with Crippen molar-refractivity contribution >= 4 is 11.8 Å². The Morgan fingerprint density at radius 1 is 1.06 bits per heavy atom. The molecule has 3 N–H and O–H groups in total. The number of benzene rings is 1. The molecule has 1 aliphatic heterocycles. The first-order valence-corrected chi connectivity index (χ1v) is 11.9. The maximum Gasteiger partial charge on any atom is 0.269 e. The van der Waals surface area contributed by atoms with E-state index in [9.17, 15) is 14.0 Å². The molecule has 1 aliphatic rings. The molecule has 3 aromatic rings. The number of pyridine rings is 1. The summed E-state index contributed by atoms with van der Waals surface area (Å²) in [5.41, 5.74) is 8.03. The van der Waals surface area contributed by atoms with Crippen LogP contribution in [0.2, 0.25) is 0 Å². The van der Waals surface area contributed by atoms with Gasteiger partial charge in [-0.25, -0.2) is 4.39 Å². The van der Waals surface area contributed by atoms with Gasteiger partial charge in [-0.2, -0.15) is 5.10 Å². The van der Waals surface area contributed by atoms with Gasteiger partial charge in [0.2, 0.25) is 0 Å². The minimum atomic E-state index is -0.570. The smallest absolute Gasteiger partial charge is 0.269 e. The van der Waals surface area contributed by atoms with Crippen LogP contribution in [0.25, 0.3) is 11.3 Å². The van der Waals surface area contributed by atoms with Crippen LogP contribution in [0.1, 0.15) is 52.2 Å². The third kappa shape index (κ3) is 6.89. The van der Waals surface area contributed by atoms with Gasteiger partial charge in [0, 0.05) is 30.9 Å². The molecule has 1 saturated heterocycles. The molecule has 0 atom stereocenters. The van der Waals surface area contributed by atoms with Gasteiger partial charge in [0.1, 0.15) is 5.82 Å². The Morgan fingerprint density at radius 2 is 1.89 bits per heavy atom. The molecule has 3 heterocycles. The van der Waals surface area contributed by atoms with Crippen LogP contribution in [-0.2, 0) is 6.42 Å². The molecule has 35 heavy (non-hydrogen) atoms. The highest BCUT2D eigenvalue weighted by Crippen LogP contribution is 2.18. The number of halogens is 1. The van der Waals surface area contributed by atoms with Crippen molar-refractivity contribution < 1.29 is 14.0 Å². The van der Waals surface area contributed by atoms with Gasteiger partial charge in [-0.1, -0.05) is 12.1 Å². The summed E-state index contributed by atoms with van der Waals surface area (Å²) in [6, 6.07) is 13.2. The molecule has 1 aromatic carbocycles. The molecular formula is C26H29FN6O2. The highest BCUT2D eigenvalue weighted by Gasteiger charge is 2.21. The van der Waals surface area contributed by atoms with E-state index in [1.165, 1.54) is 18.3 Å². The van der Waals surface area contributed by atoms with E-state index in [1.54, 1.807) is 36.4 Å². The van der Waals surface area contributed by atoms with Gasteiger partial charge >= 0.3 is 0 Å². The summed E-state index contributed by atoms with van der Waals surface area (Å²) in [4.78, 5) is 30.4. The molecule has 2 amide bonds. The topological polar surface area (TPSA) is 114 Å². The molecule has 4 rings (SSSR count). The maximum atomic E-state index is 13.4. The fourth-order valence-corrected chi connectivity index (χ4v) is 4.18. The van der Waals surface area contributed by atoms with Gasteiger partial charge in [0.05, 0.1) is 17.0 Å². The zero-order valence-corrected chi connectivity index (χ0v) is 19.5. The van der Waals surface area contributed by atoms with Gasteiger partial charge in [0.25, 0.3) is 11.8 Å².